The second-order valence-corrected chi connectivity index (χ2v) is 4.29. The van der Waals surface area contributed by atoms with E-state index in [-0.39, 0.29) is 12.8 Å². The van der Waals surface area contributed by atoms with Gasteiger partial charge < -0.3 is 10.2 Å². The van der Waals surface area contributed by atoms with E-state index in [9.17, 15) is 9.59 Å². The van der Waals surface area contributed by atoms with E-state index < -0.39 is 17.4 Å². The normalized spacial score (nSPS) is 11.2. The molecule has 4 nitrogen and oxygen atoms in total. The molecule has 5 heteroatoms. The van der Waals surface area contributed by atoms with Gasteiger partial charge in [0.25, 0.3) is 0 Å². The summed E-state index contributed by atoms with van der Waals surface area (Å²) in [7, 11) is 0. The molecule has 0 aromatic heterocycles. The van der Waals surface area contributed by atoms with Crippen LogP contribution in [0, 0.1) is 5.41 Å². The highest BCUT2D eigenvalue weighted by molar-refractivity contribution is 6.30. The van der Waals surface area contributed by atoms with Gasteiger partial charge in [-0.2, -0.15) is 0 Å². The molecule has 17 heavy (non-hydrogen) atoms. The molecule has 1 rings (SSSR count). The molecule has 0 heterocycles. The fourth-order valence-corrected chi connectivity index (χ4v) is 1.88. The van der Waals surface area contributed by atoms with Gasteiger partial charge >= 0.3 is 11.9 Å². The number of carboxylic acids is 2. The number of aliphatic carboxylic acids is 2. The average Bonchev–Trinajstić information content (AvgIpc) is 2.25. The SMILES string of the molecule is CCC(Cc1cccc(Cl)c1)(C(=O)O)C(=O)O. The van der Waals surface area contributed by atoms with E-state index in [0.29, 0.717) is 10.6 Å². The third kappa shape index (κ3) is 2.77. The quantitative estimate of drug-likeness (QED) is 0.794. The maximum atomic E-state index is 11.2. The fraction of sp³-hybridized carbons (Fsp3) is 0.333. The van der Waals surface area contributed by atoms with Gasteiger partial charge in [0, 0.05) is 5.02 Å². The van der Waals surface area contributed by atoms with Crippen molar-refractivity contribution in [2.45, 2.75) is 19.8 Å². The number of carboxylic acid groups (broad SMARTS) is 2. The lowest BCUT2D eigenvalue weighted by Gasteiger charge is -2.23. The number of hydrogen-bond acceptors (Lipinski definition) is 2. The van der Waals surface area contributed by atoms with Crippen molar-refractivity contribution in [1.82, 2.24) is 0 Å². The van der Waals surface area contributed by atoms with E-state index >= 15 is 0 Å². The Morgan fingerprint density at radius 2 is 1.88 bits per heavy atom. The van der Waals surface area contributed by atoms with Gasteiger partial charge in [0.15, 0.2) is 5.41 Å². The Morgan fingerprint density at radius 1 is 1.29 bits per heavy atom. The maximum Gasteiger partial charge on any atom is 0.321 e. The van der Waals surface area contributed by atoms with Crippen LogP contribution in [0.3, 0.4) is 0 Å². The maximum absolute atomic E-state index is 11.2. The minimum Gasteiger partial charge on any atom is -0.480 e. The predicted molar refractivity (Wildman–Crippen MR) is 63.2 cm³/mol. The molecule has 0 fully saturated rings. The van der Waals surface area contributed by atoms with Crippen LogP contribution in [0.25, 0.3) is 0 Å². The minimum atomic E-state index is -1.79. The summed E-state index contributed by atoms with van der Waals surface area (Å²) in [6.45, 7) is 1.55. The average molecular weight is 257 g/mol. The van der Waals surface area contributed by atoms with Crippen LogP contribution in [0.15, 0.2) is 24.3 Å². The monoisotopic (exact) mass is 256 g/mol. The highest BCUT2D eigenvalue weighted by Crippen LogP contribution is 2.29. The number of benzene rings is 1. The Balaban J connectivity index is 3.10. The number of hydrogen-bond donors (Lipinski definition) is 2. The molecule has 0 saturated carbocycles. The third-order valence-corrected chi connectivity index (χ3v) is 3.05. The molecule has 0 spiro atoms. The van der Waals surface area contributed by atoms with Crippen molar-refractivity contribution < 1.29 is 19.8 Å². The molecule has 0 unspecified atom stereocenters. The Kier molecular flexibility index (Phi) is 4.12. The first-order valence-electron chi connectivity index (χ1n) is 5.13. The molecule has 0 aliphatic carbocycles. The molecule has 92 valence electrons. The first-order valence-corrected chi connectivity index (χ1v) is 5.51. The van der Waals surface area contributed by atoms with E-state index in [0.717, 1.165) is 0 Å². The van der Waals surface area contributed by atoms with Gasteiger partial charge in [0.05, 0.1) is 0 Å². The van der Waals surface area contributed by atoms with E-state index in [1.54, 1.807) is 31.2 Å². The molecule has 0 bridgehead atoms. The van der Waals surface area contributed by atoms with Gasteiger partial charge in [0.2, 0.25) is 0 Å². The lowest BCUT2D eigenvalue weighted by atomic mass is 9.79. The van der Waals surface area contributed by atoms with Crippen molar-refractivity contribution in [2.24, 2.45) is 5.41 Å². The molecule has 0 saturated heterocycles. The Labute approximate surface area is 104 Å². The Morgan fingerprint density at radius 3 is 2.29 bits per heavy atom. The highest BCUT2D eigenvalue weighted by Gasteiger charge is 2.44. The summed E-state index contributed by atoms with van der Waals surface area (Å²) < 4.78 is 0. The van der Waals surface area contributed by atoms with E-state index in [2.05, 4.69) is 0 Å². The first-order chi connectivity index (χ1) is 7.92. The van der Waals surface area contributed by atoms with Crippen molar-refractivity contribution in [3.05, 3.63) is 34.9 Å². The zero-order valence-electron chi connectivity index (χ0n) is 9.31. The standard InChI is InChI=1S/C12H13ClO4/c1-2-12(10(14)15,11(16)17)7-8-4-3-5-9(13)6-8/h3-6H,2,7H2,1H3,(H,14,15)(H,16,17). The summed E-state index contributed by atoms with van der Waals surface area (Å²) in [5.41, 5.74) is -1.19. The predicted octanol–water partition coefficient (Wildman–Crippen LogP) is 2.45. The number of carbonyl (C=O) groups is 2. The second kappa shape index (κ2) is 5.19. The van der Waals surface area contributed by atoms with Gasteiger partial charge in [-0.25, -0.2) is 0 Å². The van der Waals surface area contributed by atoms with E-state index in [1.165, 1.54) is 0 Å². The molecule has 0 amide bonds. The van der Waals surface area contributed by atoms with Gasteiger partial charge in [-0.1, -0.05) is 30.7 Å². The highest BCUT2D eigenvalue weighted by atomic mass is 35.5. The van der Waals surface area contributed by atoms with Gasteiger partial charge in [-0.3, -0.25) is 9.59 Å². The van der Waals surface area contributed by atoms with Crippen LogP contribution in [-0.2, 0) is 16.0 Å². The second-order valence-electron chi connectivity index (χ2n) is 3.85. The van der Waals surface area contributed by atoms with Crippen LogP contribution in [0.1, 0.15) is 18.9 Å². The largest absolute Gasteiger partial charge is 0.480 e. The molecule has 0 atom stereocenters. The van der Waals surface area contributed by atoms with Crippen LogP contribution in [0.2, 0.25) is 5.02 Å². The smallest absolute Gasteiger partial charge is 0.321 e. The lowest BCUT2D eigenvalue weighted by molar-refractivity contribution is -0.164. The third-order valence-electron chi connectivity index (χ3n) is 2.82. The van der Waals surface area contributed by atoms with Crippen LogP contribution >= 0.6 is 11.6 Å². The summed E-state index contributed by atoms with van der Waals surface area (Å²) in [6.07, 6.45) is -0.0566. The lowest BCUT2D eigenvalue weighted by Crippen LogP contribution is -2.40. The number of rotatable bonds is 5. The minimum absolute atomic E-state index is 0.0180. The van der Waals surface area contributed by atoms with Crippen molar-refractivity contribution in [1.29, 1.82) is 0 Å². The summed E-state index contributed by atoms with van der Waals surface area (Å²) in [5, 5.41) is 18.7. The van der Waals surface area contributed by atoms with Gasteiger partial charge in [-0.15, -0.1) is 0 Å². The van der Waals surface area contributed by atoms with E-state index in [1.807, 2.05) is 0 Å². The van der Waals surface area contributed by atoms with E-state index in [4.69, 9.17) is 21.8 Å². The topological polar surface area (TPSA) is 74.6 Å². The molecule has 0 aliphatic rings. The molecule has 0 aliphatic heterocycles. The van der Waals surface area contributed by atoms with Crippen LogP contribution in [-0.4, -0.2) is 22.2 Å². The summed E-state index contributed by atoms with van der Waals surface area (Å²) in [5.74, 6) is -2.65. The fourth-order valence-electron chi connectivity index (χ4n) is 1.67. The molecule has 2 N–H and O–H groups in total. The van der Waals surface area contributed by atoms with Crippen molar-refractivity contribution >= 4 is 23.5 Å². The number of halogens is 1. The molecular weight excluding hydrogens is 244 g/mol. The molecule has 1 aromatic carbocycles. The first kappa shape index (κ1) is 13.5. The van der Waals surface area contributed by atoms with Crippen molar-refractivity contribution in [2.75, 3.05) is 0 Å². The zero-order chi connectivity index (χ0) is 13.1. The molecular formula is C12H13ClO4. The van der Waals surface area contributed by atoms with Gasteiger partial charge in [-0.05, 0) is 30.5 Å². The Hall–Kier alpha value is -1.55. The Bertz CT molecular complexity index is 428. The van der Waals surface area contributed by atoms with Crippen molar-refractivity contribution in [3.8, 4) is 0 Å². The van der Waals surface area contributed by atoms with Crippen LogP contribution in [0.5, 0.6) is 0 Å². The summed E-state index contributed by atoms with van der Waals surface area (Å²) >= 11 is 5.78. The van der Waals surface area contributed by atoms with Crippen LogP contribution in [0.4, 0.5) is 0 Å². The zero-order valence-corrected chi connectivity index (χ0v) is 10.1. The molecule has 1 aromatic rings. The molecule has 0 radical (unpaired) electrons. The summed E-state index contributed by atoms with van der Waals surface area (Å²) in [6, 6.07) is 6.57. The van der Waals surface area contributed by atoms with Crippen LogP contribution < -0.4 is 0 Å². The van der Waals surface area contributed by atoms with Gasteiger partial charge in [0.1, 0.15) is 0 Å². The summed E-state index contributed by atoms with van der Waals surface area (Å²) in [4.78, 5) is 22.3. The van der Waals surface area contributed by atoms with Crippen molar-refractivity contribution in [3.63, 3.8) is 0 Å².